The fraction of sp³-hybridized carbons (Fsp3) is 0.333. The van der Waals surface area contributed by atoms with Gasteiger partial charge in [-0.1, -0.05) is 0 Å². The Balaban J connectivity index is 3.26. The fourth-order valence-electron chi connectivity index (χ4n) is 1.12. The van der Waals surface area contributed by atoms with Gasteiger partial charge in [-0.05, 0) is 19.1 Å². The average Bonchev–Trinajstić information content (AvgIpc) is 2.27. The van der Waals surface area contributed by atoms with Gasteiger partial charge in [0, 0.05) is 0 Å². The van der Waals surface area contributed by atoms with Crippen LogP contribution in [0.3, 0.4) is 0 Å². The van der Waals surface area contributed by atoms with Crippen LogP contribution in [0, 0.1) is 0 Å². The standard InChI is InChI=1S/C9H10F3N3O2/c1-2-17-8(16)7-5(9(10,11)12)3-4-6(14-7)15-13/h3-4H,2,13H2,1H3,(H,14,15). The number of carbonyl (C=O) groups is 1. The van der Waals surface area contributed by atoms with Gasteiger partial charge in [-0.2, -0.15) is 13.2 Å². The van der Waals surface area contributed by atoms with Gasteiger partial charge in [0.2, 0.25) is 0 Å². The molecule has 8 heteroatoms. The number of carbonyl (C=O) groups excluding carboxylic acids is 1. The number of nitrogens with two attached hydrogens (primary N) is 1. The van der Waals surface area contributed by atoms with Gasteiger partial charge in [-0.15, -0.1) is 0 Å². The summed E-state index contributed by atoms with van der Waals surface area (Å²) in [6.07, 6.45) is -4.68. The molecule has 94 valence electrons. The summed E-state index contributed by atoms with van der Waals surface area (Å²) in [6, 6.07) is 1.74. The number of alkyl halides is 3. The lowest BCUT2D eigenvalue weighted by molar-refractivity contribution is -0.138. The van der Waals surface area contributed by atoms with Crippen LogP contribution in [0.2, 0.25) is 0 Å². The number of nitrogen functional groups attached to an aromatic ring is 1. The Bertz CT molecular complexity index is 420. The van der Waals surface area contributed by atoms with Crippen LogP contribution in [0.5, 0.6) is 0 Å². The number of aromatic nitrogens is 1. The minimum Gasteiger partial charge on any atom is -0.461 e. The molecule has 0 unspecified atom stereocenters. The van der Waals surface area contributed by atoms with Gasteiger partial charge >= 0.3 is 12.1 Å². The van der Waals surface area contributed by atoms with Crippen molar-refractivity contribution in [2.45, 2.75) is 13.1 Å². The van der Waals surface area contributed by atoms with Gasteiger partial charge in [0.25, 0.3) is 0 Å². The van der Waals surface area contributed by atoms with E-state index in [-0.39, 0.29) is 12.4 Å². The number of nitrogens with one attached hydrogen (secondary N) is 1. The molecule has 0 aliphatic carbocycles. The van der Waals surface area contributed by atoms with Crippen LogP contribution < -0.4 is 11.3 Å². The number of esters is 1. The molecule has 0 radical (unpaired) electrons. The van der Waals surface area contributed by atoms with Gasteiger partial charge in [-0.3, -0.25) is 0 Å². The predicted molar refractivity (Wildman–Crippen MR) is 53.0 cm³/mol. The summed E-state index contributed by atoms with van der Waals surface area (Å²) in [5.74, 6) is 3.81. The number of pyridine rings is 1. The van der Waals surface area contributed by atoms with Crippen LogP contribution in [0.25, 0.3) is 0 Å². The molecule has 0 amide bonds. The normalized spacial score (nSPS) is 11.1. The molecule has 17 heavy (non-hydrogen) atoms. The van der Waals surface area contributed by atoms with Gasteiger partial charge < -0.3 is 10.2 Å². The Morgan fingerprint density at radius 2 is 2.18 bits per heavy atom. The molecule has 1 rings (SSSR count). The van der Waals surface area contributed by atoms with E-state index < -0.39 is 23.4 Å². The van der Waals surface area contributed by atoms with Crippen LogP contribution in [0.1, 0.15) is 23.0 Å². The number of hydrogen-bond acceptors (Lipinski definition) is 5. The van der Waals surface area contributed by atoms with Gasteiger partial charge in [0.1, 0.15) is 5.82 Å². The van der Waals surface area contributed by atoms with E-state index in [9.17, 15) is 18.0 Å². The van der Waals surface area contributed by atoms with Crippen LogP contribution >= 0.6 is 0 Å². The van der Waals surface area contributed by atoms with E-state index in [0.717, 1.165) is 6.07 Å². The number of nitrogens with zero attached hydrogens (tertiary/aromatic N) is 1. The van der Waals surface area contributed by atoms with E-state index in [4.69, 9.17) is 5.84 Å². The van der Waals surface area contributed by atoms with E-state index in [2.05, 4.69) is 15.1 Å². The second-order valence-electron chi connectivity index (χ2n) is 2.96. The van der Waals surface area contributed by atoms with Gasteiger partial charge in [0.15, 0.2) is 5.69 Å². The third-order valence-corrected chi connectivity index (χ3v) is 1.82. The highest BCUT2D eigenvalue weighted by Gasteiger charge is 2.36. The summed E-state index contributed by atoms with van der Waals surface area (Å²) >= 11 is 0. The highest BCUT2D eigenvalue weighted by Crippen LogP contribution is 2.32. The fourth-order valence-corrected chi connectivity index (χ4v) is 1.12. The van der Waals surface area contributed by atoms with Crippen molar-refractivity contribution in [3.8, 4) is 0 Å². The van der Waals surface area contributed by atoms with Crippen molar-refractivity contribution in [1.29, 1.82) is 0 Å². The summed E-state index contributed by atoms with van der Waals surface area (Å²) in [5, 5.41) is 0. The highest BCUT2D eigenvalue weighted by atomic mass is 19.4. The first-order chi connectivity index (χ1) is 7.90. The van der Waals surface area contributed by atoms with Crippen molar-refractivity contribution in [2.75, 3.05) is 12.0 Å². The first-order valence-electron chi connectivity index (χ1n) is 4.62. The zero-order valence-electron chi connectivity index (χ0n) is 8.84. The monoisotopic (exact) mass is 249 g/mol. The van der Waals surface area contributed by atoms with Crippen molar-refractivity contribution in [2.24, 2.45) is 5.84 Å². The second kappa shape index (κ2) is 5.00. The van der Waals surface area contributed by atoms with Crippen molar-refractivity contribution < 1.29 is 22.7 Å². The number of ether oxygens (including phenoxy) is 1. The second-order valence-corrected chi connectivity index (χ2v) is 2.96. The summed E-state index contributed by atoms with van der Waals surface area (Å²) in [7, 11) is 0. The quantitative estimate of drug-likeness (QED) is 0.483. The molecule has 0 saturated heterocycles. The summed E-state index contributed by atoms with van der Waals surface area (Å²) in [4.78, 5) is 14.8. The molecule has 5 nitrogen and oxygen atoms in total. The molecule has 0 spiro atoms. The molecule has 0 bridgehead atoms. The molecule has 0 aliphatic rings. The van der Waals surface area contributed by atoms with Crippen LogP contribution in [0.4, 0.5) is 19.0 Å². The van der Waals surface area contributed by atoms with Crippen molar-refractivity contribution in [3.05, 3.63) is 23.4 Å². The molecule has 1 heterocycles. The third kappa shape index (κ3) is 3.06. The average molecular weight is 249 g/mol. The molecule has 0 aromatic carbocycles. The van der Waals surface area contributed by atoms with Gasteiger partial charge in [-0.25, -0.2) is 15.6 Å². The third-order valence-electron chi connectivity index (χ3n) is 1.82. The maximum Gasteiger partial charge on any atom is 0.418 e. The van der Waals surface area contributed by atoms with Crippen molar-refractivity contribution in [3.63, 3.8) is 0 Å². The lowest BCUT2D eigenvalue weighted by Gasteiger charge is -2.12. The Morgan fingerprint density at radius 3 is 2.65 bits per heavy atom. The zero-order chi connectivity index (χ0) is 13.1. The Labute approximate surface area is 94.7 Å². The van der Waals surface area contributed by atoms with Crippen molar-refractivity contribution >= 4 is 11.8 Å². The van der Waals surface area contributed by atoms with Crippen LogP contribution in [0.15, 0.2) is 12.1 Å². The first-order valence-corrected chi connectivity index (χ1v) is 4.62. The minimum atomic E-state index is -4.68. The molecular formula is C9H10F3N3O2. The largest absolute Gasteiger partial charge is 0.461 e. The maximum absolute atomic E-state index is 12.6. The molecule has 0 saturated carbocycles. The summed E-state index contributed by atoms with van der Waals surface area (Å²) < 4.78 is 42.2. The van der Waals surface area contributed by atoms with Gasteiger partial charge in [0.05, 0.1) is 12.2 Å². The Morgan fingerprint density at radius 1 is 1.53 bits per heavy atom. The van der Waals surface area contributed by atoms with Crippen LogP contribution in [-0.4, -0.2) is 17.6 Å². The molecule has 0 fully saturated rings. The summed E-state index contributed by atoms with van der Waals surface area (Å²) in [5.41, 5.74) is 0.0889. The number of hydrazine groups is 1. The van der Waals surface area contributed by atoms with E-state index in [0.29, 0.717) is 6.07 Å². The van der Waals surface area contributed by atoms with E-state index in [1.807, 2.05) is 0 Å². The SMILES string of the molecule is CCOC(=O)c1nc(NN)ccc1C(F)(F)F. The molecule has 1 aromatic rings. The van der Waals surface area contributed by atoms with Crippen molar-refractivity contribution in [1.82, 2.24) is 4.98 Å². The predicted octanol–water partition coefficient (Wildman–Crippen LogP) is 1.56. The maximum atomic E-state index is 12.6. The molecular weight excluding hydrogens is 239 g/mol. The topological polar surface area (TPSA) is 77.2 Å². The highest BCUT2D eigenvalue weighted by molar-refractivity contribution is 5.89. The smallest absolute Gasteiger partial charge is 0.418 e. The van der Waals surface area contributed by atoms with Crippen LogP contribution in [-0.2, 0) is 10.9 Å². The Hall–Kier alpha value is -1.83. The van der Waals surface area contributed by atoms with E-state index in [1.165, 1.54) is 6.92 Å². The zero-order valence-corrected chi connectivity index (χ0v) is 8.84. The first kappa shape index (κ1) is 13.2. The van der Waals surface area contributed by atoms with E-state index in [1.54, 1.807) is 0 Å². The number of halogens is 3. The van der Waals surface area contributed by atoms with E-state index >= 15 is 0 Å². The molecule has 3 N–H and O–H groups in total. The lowest BCUT2D eigenvalue weighted by atomic mass is 10.2. The lowest BCUT2D eigenvalue weighted by Crippen LogP contribution is -2.19. The number of anilines is 1. The summed E-state index contributed by atoms with van der Waals surface area (Å²) in [6.45, 7) is 1.44. The minimum absolute atomic E-state index is 0.0436. The molecule has 0 atom stereocenters. The number of rotatable bonds is 3. The number of hydrogen-bond donors (Lipinski definition) is 2. The molecule has 0 aliphatic heterocycles. The molecule has 1 aromatic heterocycles. The Kier molecular flexibility index (Phi) is 3.89.